The second kappa shape index (κ2) is 6.43. The number of amides is 1. The van der Waals surface area contributed by atoms with Gasteiger partial charge in [-0.2, -0.15) is 0 Å². The van der Waals surface area contributed by atoms with Crippen molar-refractivity contribution in [3.63, 3.8) is 0 Å². The number of carbonyl (C=O) groups is 1. The molecule has 1 heterocycles. The number of hydrogen-bond acceptors (Lipinski definition) is 3. The molecule has 5 heteroatoms. The molecule has 0 saturated carbocycles. The van der Waals surface area contributed by atoms with Crippen LogP contribution in [0.2, 0.25) is 0 Å². The molecular weight excluding hydrogens is 271 g/mol. The summed E-state index contributed by atoms with van der Waals surface area (Å²) in [5, 5.41) is 9.90. The second-order valence-corrected chi connectivity index (χ2v) is 5.68. The van der Waals surface area contributed by atoms with E-state index in [0.717, 1.165) is 25.2 Å². The van der Waals surface area contributed by atoms with Crippen molar-refractivity contribution in [1.82, 2.24) is 4.90 Å². The molecule has 0 aliphatic carbocycles. The number of halogens is 1. The highest BCUT2D eigenvalue weighted by Gasteiger charge is 2.21. The summed E-state index contributed by atoms with van der Waals surface area (Å²) in [5.74, 6) is -0.210. The lowest BCUT2D eigenvalue weighted by Crippen LogP contribution is -2.34. The van der Waals surface area contributed by atoms with Crippen molar-refractivity contribution in [2.24, 2.45) is 0 Å². The molecule has 116 valence electrons. The number of aliphatic hydroxyl groups excluding tert-OH is 1. The van der Waals surface area contributed by atoms with Crippen molar-refractivity contribution >= 4 is 11.6 Å². The Morgan fingerprint density at radius 2 is 2.00 bits per heavy atom. The lowest BCUT2D eigenvalue weighted by Gasteiger charge is -2.27. The van der Waals surface area contributed by atoms with Crippen LogP contribution in [0, 0.1) is 12.7 Å². The maximum absolute atomic E-state index is 13.8. The van der Waals surface area contributed by atoms with Gasteiger partial charge in [-0.3, -0.25) is 4.79 Å². The first-order valence-electron chi connectivity index (χ1n) is 7.38. The van der Waals surface area contributed by atoms with Crippen LogP contribution in [0.3, 0.4) is 0 Å². The molecule has 1 atom stereocenters. The maximum atomic E-state index is 13.8. The second-order valence-electron chi connectivity index (χ2n) is 5.68. The molecule has 1 aliphatic heterocycles. The smallest absolute Gasteiger partial charge is 0.219 e. The fraction of sp³-hybridized carbons (Fsp3) is 0.562. The summed E-state index contributed by atoms with van der Waals surface area (Å²) in [6.45, 7) is 7.86. The minimum Gasteiger partial charge on any atom is -0.389 e. The lowest BCUT2D eigenvalue weighted by molar-refractivity contribution is -0.128. The normalized spacial score (nSPS) is 17.6. The van der Waals surface area contributed by atoms with Gasteiger partial charge in [0.2, 0.25) is 5.91 Å². The van der Waals surface area contributed by atoms with Crippen molar-refractivity contribution < 1.29 is 14.3 Å². The summed E-state index contributed by atoms with van der Waals surface area (Å²) >= 11 is 0. The van der Waals surface area contributed by atoms with Crippen LogP contribution in [-0.4, -0.2) is 42.1 Å². The molecule has 0 spiro atoms. The van der Waals surface area contributed by atoms with Crippen LogP contribution in [0.4, 0.5) is 10.1 Å². The Kier molecular flexibility index (Phi) is 4.83. The summed E-state index contributed by atoms with van der Waals surface area (Å²) in [7, 11) is 0. The van der Waals surface area contributed by atoms with Crippen molar-refractivity contribution in [3.05, 3.63) is 29.1 Å². The number of aryl methyl sites for hydroxylation is 1. The standard InChI is InChI=1S/C16H23FN2O2/c1-11-9-16(14(12(2)20)10-15(11)17)19-6-4-5-18(7-8-19)13(3)21/h9-10,12,20H,4-8H2,1-3H3/t12-/m0/s1. The van der Waals surface area contributed by atoms with Gasteiger partial charge in [0.1, 0.15) is 5.82 Å². The Balaban J connectivity index is 2.28. The lowest BCUT2D eigenvalue weighted by atomic mass is 10.0. The number of rotatable bonds is 2. The molecule has 2 rings (SSSR count). The Bertz CT molecular complexity index is 531. The Morgan fingerprint density at radius 1 is 1.29 bits per heavy atom. The first-order chi connectivity index (χ1) is 9.90. The number of carbonyl (C=O) groups excluding carboxylic acids is 1. The average molecular weight is 294 g/mol. The Morgan fingerprint density at radius 3 is 2.62 bits per heavy atom. The van der Waals surface area contributed by atoms with Gasteiger partial charge < -0.3 is 14.9 Å². The van der Waals surface area contributed by atoms with E-state index in [0.29, 0.717) is 24.2 Å². The van der Waals surface area contributed by atoms with Gasteiger partial charge in [-0.25, -0.2) is 4.39 Å². The minimum atomic E-state index is -0.720. The zero-order valence-corrected chi connectivity index (χ0v) is 12.9. The highest BCUT2D eigenvalue weighted by atomic mass is 19.1. The number of nitrogens with zero attached hydrogens (tertiary/aromatic N) is 2. The van der Waals surface area contributed by atoms with Gasteiger partial charge in [-0.05, 0) is 38.0 Å². The fourth-order valence-corrected chi connectivity index (χ4v) is 2.76. The maximum Gasteiger partial charge on any atom is 0.219 e. The molecule has 0 bridgehead atoms. The Labute approximate surface area is 125 Å². The van der Waals surface area contributed by atoms with Gasteiger partial charge in [-0.1, -0.05) is 0 Å². The topological polar surface area (TPSA) is 43.8 Å². The SMILES string of the molecule is CC(=O)N1CCCN(c2cc(C)c(F)cc2[C@H](C)O)CC1. The van der Waals surface area contributed by atoms with Crippen LogP contribution in [0.15, 0.2) is 12.1 Å². The summed E-state index contributed by atoms with van der Waals surface area (Å²) in [5.41, 5.74) is 2.05. The summed E-state index contributed by atoms with van der Waals surface area (Å²) in [4.78, 5) is 15.5. The first-order valence-corrected chi connectivity index (χ1v) is 7.38. The van der Waals surface area contributed by atoms with Gasteiger partial charge in [0.25, 0.3) is 0 Å². The van der Waals surface area contributed by atoms with Crippen LogP contribution in [0.1, 0.15) is 37.5 Å². The molecule has 1 fully saturated rings. The molecule has 4 nitrogen and oxygen atoms in total. The van der Waals surface area contributed by atoms with E-state index in [4.69, 9.17) is 0 Å². The molecule has 21 heavy (non-hydrogen) atoms. The zero-order chi connectivity index (χ0) is 15.6. The van der Waals surface area contributed by atoms with E-state index in [1.54, 1.807) is 26.8 Å². The average Bonchev–Trinajstić information content (AvgIpc) is 2.67. The third-order valence-corrected chi connectivity index (χ3v) is 4.04. The number of anilines is 1. The van der Waals surface area contributed by atoms with E-state index >= 15 is 0 Å². The van der Waals surface area contributed by atoms with Crippen molar-refractivity contribution in [1.29, 1.82) is 0 Å². The van der Waals surface area contributed by atoms with Crippen molar-refractivity contribution in [2.75, 3.05) is 31.1 Å². The molecule has 1 amide bonds. The molecule has 0 unspecified atom stereocenters. The summed E-state index contributed by atoms with van der Waals surface area (Å²) < 4.78 is 13.8. The summed E-state index contributed by atoms with van der Waals surface area (Å²) in [6.07, 6.45) is 0.150. The van der Waals surface area contributed by atoms with Crippen molar-refractivity contribution in [3.8, 4) is 0 Å². The molecule has 1 N–H and O–H groups in total. The molecule has 0 aromatic heterocycles. The molecule has 1 saturated heterocycles. The van der Waals surface area contributed by atoms with Gasteiger partial charge in [0, 0.05) is 44.4 Å². The van der Waals surface area contributed by atoms with Crippen LogP contribution < -0.4 is 4.90 Å². The molecule has 1 aromatic rings. The third kappa shape index (κ3) is 3.53. The van der Waals surface area contributed by atoms with E-state index in [1.165, 1.54) is 6.07 Å². The van der Waals surface area contributed by atoms with E-state index in [1.807, 2.05) is 4.90 Å². The van der Waals surface area contributed by atoms with E-state index in [9.17, 15) is 14.3 Å². The van der Waals surface area contributed by atoms with Crippen LogP contribution in [0.5, 0.6) is 0 Å². The number of benzene rings is 1. The molecule has 1 aliphatic rings. The quantitative estimate of drug-likeness (QED) is 0.910. The zero-order valence-electron chi connectivity index (χ0n) is 12.9. The summed E-state index contributed by atoms with van der Waals surface area (Å²) in [6, 6.07) is 3.21. The van der Waals surface area contributed by atoms with E-state index in [2.05, 4.69) is 4.90 Å². The van der Waals surface area contributed by atoms with Crippen LogP contribution >= 0.6 is 0 Å². The van der Waals surface area contributed by atoms with Gasteiger partial charge in [-0.15, -0.1) is 0 Å². The van der Waals surface area contributed by atoms with Crippen molar-refractivity contribution in [2.45, 2.75) is 33.3 Å². The number of hydrogen-bond donors (Lipinski definition) is 1. The van der Waals surface area contributed by atoms with E-state index in [-0.39, 0.29) is 11.7 Å². The monoisotopic (exact) mass is 294 g/mol. The molecular formula is C16H23FN2O2. The van der Waals surface area contributed by atoms with Crippen LogP contribution in [-0.2, 0) is 4.79 Å². The van der Waals surface area contributed by atoms with E-state index < -0.39 is 6.10 Å². The first kappa shape index (κ1) is 15.8. The Hall–Kier alpha value is -1.62. The van der Waals surface area contributed by atoms with Crippen LogP contribution in [0.25, 0.3) is 0 Å². The highest BCUT2D eigenvalue weighted by Crippen LogP contribution is 2.30. The number of aliphatic hydroxyl groups is 1. The predicted octanol–water partition coefficient (Wildman–Crippen LogP) is 2.25. The van der Waals surface area contributed by atoms with Gasteiger partial charge in [0.05, 0.1) is 6.10 Å². The third-order valence-electron chi connectivity index (χ3n) is 4.04. The molecule has 1 aromatic carbocycles. The van der Waals surface area contributed by atoms with Gasteiger partial charge in [0.15, 0.2) is 0 Å². The highest BCUT2D eigenvalue weighted by molar-refractivity contribution is 5.73. The fourth-order valence-electron chi connectivity index (χ4n) is 2.76. The predicted molar refractivity (Wildman–Crippen MR) is 80.9 cm³/mol. The minimum absolute atomic E-state index is 0.0860. The largest absolute Gasteiger partial charge is 0.389 e. The van der Waals surface area contributed by atoms with Gasteiger partial charge >= 0.3 is 0 Å². The molecule has 0 radical (unpaired) electrons.